The third-order valence-electron chi connectivity index (χ3n) is 4.71. The number of anilines is 2. The van der Waals surface area contributed by atoms with E-state index in [1.54, 1.807) is 11.9 Å². The van der Waals surface area contributed by atoms with Gasteiger partial charge in [0, 0.05) is 48.7 Å². The maximum Gasteiger partial charge on any atom is 0.186 e. The first kappa shape index (κ1) is 17.2. The highest BCUT2D eigenvalue weighted by molar-refractivity contribution is 7.96. The summed E-state index contributed by atoms with van der Waals surface area (Å²) in [5.74, 6) is 0.0759. The molecular weight excluding hydrogens is 348 g/mol. The zero-order chi connectivity index (χ0) is 17.9. The molecule has 4 rings (SSSR count). The van der Waals surface area contributed by atoms with Crippen LogP contribution in [0.4, 0.5) is 11.4 Å². The normalized spacial score (nSPS) is 20.2. The fourth-order valence-electron chi connectivity index (χ4n) is 3.37. The van der Waals surface area contributed by atoms with Crippen LogP contribution in [0.25, 0.3) is 0 Å². The molecule has 7 heteroatoms. The number of nitrogens with zero attached hydrogens (tertiary/aromatic N) is 3. The van der Waals surface area contributed by atoms with Crippen LogP contribution in [0.15, 0.2) is 52.3 Å². The summed E-state index contributed by atoms with van der Waals surface area (Å²) >= 11 is 1.63. The lowest BCUT2D eigenvalue weighted by molar-refractivity contribution is -0.114. The molecule has 136 valence electrons. The Kier molecular flexibility index (Phi) is 4.99. The number of aliphatic imine (C=N–C) groups is 1. The van der Waals surface area contributed by atoms with Crippen molar-refractivity contribution in [3.8, 4) is 0 Å². The quantitative estimate of drug-likeness (QED) is 0.821. The molecule has 0 saturated carbocycles. The van der Waals surface area contributed by atoms with Gasteiger partial charge < -0.3 is 19.3 Å². The number of nitrogens with one attached hydrogen (secondary N) is 1. The topological polar surface area (TPSA) is 57.2 Å². The Morgan fingerprint density at radius 2 is 1.96 bits per heavy atom. The molecule has 0 amide bonds. The van der Waals surface area contributed by atoms with E-state index >= 15 is 0 Å². The molecule has 0 spiro atoms. The number of benzene rings is 1. The Labute approximate surface area is 157 Å². The molecule has 0 aromatic heterocycles. The molecule has 0 bridgehead atoms. The number of ether oxygens (including phenoxy) is 1. The van der Waals surface area contributed by atoms with Crippen LogP contribution in [0, 0.1) is 0 Å². The van der Waals surface area contributed by atoms with Gasteiger partial charge in [0.2, 0.25) is 0 Å². The lowest BCUT2D eigenvalue weighted by Crippen LogP contribution is -2.36. The molecule has 26 heavy (non-hydrogen) atoms. The third-order valence-corrected chi connectivity index (χ3v) is 5.41. The van der Waals surface area contributed by atoms with E-state index in [1.807, 2.05) is 18.7 Å². The van der Waals surface area contributed by atoms with Crippen molar-refractivity contribution in [1.82, 2.24) is 4.31 Å². The Morgan fingerprint density at radius 3 is 2.69 bits per heavy atom. The first-order chi connectivity index (χ1) is 12.7. The van der Waals surface area contributed by atoms with Gasteiger partial charge in [-0.3, -0.25) is 9.79 Å². The Balaban J connectivity index is 1.55. The summed E-state index contributed by atoms with van der Waals surface area (Å²) in [4.78, 5) is 18.9. The molecule has 3 aliphatic heterocycles. The molecule has 3 heterocycles. The summed E-state index contributed by atoms with van der Waals surface area (Å²) in [5, 5.41) is 3.43. The van der Waals surface area contributed by atoms with Gasteiger partial charge in [0.25, 0.3) is 0 Å². The van der Waals surface area contributed by atoms with Crippen LogP contribution in [0.3, 0.4) is 0 Å². The number of hydrogen-bond donors (Lipinski definition) is 1. The van der Waals surface area contributed by atoms with Crippen molar-refractivity contribution in [2.45, 2.75) is 0 Å². The summed E-state index contributed by atoms with van der Waals surface area (Å²) in [6, 6.07) is 8.35. The van der Waals surface area contributed by atoms with E-state index in [1.165, 1.54) is 5.69 Å². The molecule has 1 aromatic rings. The minimum atomic E-state index is 0.0759. The van der Waals surface area contributed by atoms with Crippen molar-refractivity contribution >= 4 is 35.3 Å². The number of morpholine rings is 1. The molecule has 0 radical (unpaired) electrons. The SMILES string of the molecule is CSN1C=C(Nc2ccc(N3CCOCC3)cc2)C2=C(C=NCC2=O)C1. The second-order valence-electron chi connectivity index (χ2n) is 6.37. The minimum absolute atomic E-state index is 0.0759. The highest BCUT2D eigenvalue weighted by atomic mass is 32.2. The highest BCUT2D eigenvalue weighted by Gasteiger charge is 2.26. The fourth-order valence-corrected chi connectivity index (χ4v) is 3.85. The average Bonchev–Trinajstić information content (AvgIpc) is 2.69. The van der Waals surface area contributed by atoms with Crippen molar-refractivity contribution in [2.24, 2.45) is 4.99 Å². The molecular formula is C19H22N4O2S. The molecule has 1 aromatic carbocycles. The molecule has 3 aliphatic rings. The van der Waals surface area contributed by atoms with Crippen LogP contribution in [0.5, 0.6) is 0 Å². The predicted octanol–water partition coefficient (Wildman–Crippen LogP) is 2.32. The highest BCUT2D eigenvalue weighted by Crippen LogP contribution is 2.29. The molecule has 0 unspecified atom stereocenters. The van der Waals surface area contributed by atoms with Gasteiger partial charge in [0.1, 0.15) is 6.54 Å². The largest absolute Gasteiger partial charge is 0.378 e. The number of rotatable bonds is 4. The van der Waals surface area contributed by atoms with Crippen molar-refractivity contribution in [1.29, 1.82) is 0 Å². The van der Waals surface area contributed by atoms with E-state index in [9.17, 15) is 4.79 Å². The average molecular weight is 370 g/mol. The summed E-state index contributed by atoms with van der Waals surface area (Å²) in [6.45, 7) is 4.32. The van der Waals surface area contributed by atoms with E-state index in [4.69, 9.17) is 4.74 Å². The minimum Gasteiger partial charge on any atom is -0.378 e. The van der Waals surface area contributed by atoms with Crippen LogP contribution >= 0.6 is 11.9 Å². The second kappa shape index (κ2) is 7.55. The zero-order valence-corrected chi connectivity index (χ0v) is 15.6. The number of hydrogen-bond acceptors (Lipinski definition) is 7. The number of ketones is 1. The van der Waals surface area contributed by atoms with Crippen molar-refractivity contribution in [3.63, 3.8) is 0 Å². The maximum atomic E-state index is 12.4. The van der Waals surface area contributed by atoms with Crippen LogP contribution in [0.2, 0.25) is 0 Å². The standard InChI is InChI=1S/C19H22N4O2S/c1-26-23-12-14-10-20-11-18(24)19(14)17(13-23)21-15-2-4-16(5-3-15)22-6-8-25-9-7-22/h2-5,10,13,21H,6-9,11-12H2,1H3. The van der Waals surface area contributed by atoms with Gasteiger partial charge in [0.05, 0.1) is 31.0 Å². The number of allylic oxidation sites excluding steroid dienone is 1. The van der Waals surface area contributed by atoms with Crippen LogP contribution in [0.1, 0.15) is 0 Å². The first-order valence-electron chi connectivity index (χ1n) is 8.73. The van der Waals surface area contributed by atoms with Gasteiger partial charge in [-0.2, -0.15) is 0 Å². The lowest BCUT2D eigenvalue weighted by Gasteiger charge is -2.30. The molecule has 0 atom stereocenters. The monoisotopic (exact) mass is 370 g/mol. The van der Waals surface area contributed by atoms with Gasteiger partial charge in [-0.05, 0) is 24.3 Å². The summed E-state index contributed by atoms with van der Waals surface area (Å²) in [5.41, 5.74) is 4.75. The van der Waals surface area contributed by atoms with Crippen molar-refractivity contribution in [2.75, 3.05) is 55.9 Å². The number of Topliss-reactive ketones (excluding diaryl/α,β-unsaturated/α-hetero) is 1. The van der Waals surface area contributed by atoms with Gasteiger partial charge in [-0.1, -0.05) is 11.9 Å². The van der Waals surface area contributed by atoms with E-state index in [0.29, 0.717) is 6.54 Å². The molecule has 1 fully saturated rings. The Bertz CT molecular complexity index is 779. The Hall–Kier alpha value is -2.25. The summed E-state index contributed by atoms with van der Waals surface area (Å²) in [6.07, 6.45) is 5.87. The van der Waals surface area contributed by atoms with Crippen molar-refractivity contribution in [3.05, 3.63) is 47.3 Å². The van der Waals surface area contributed by atoms with Gasteiger partial charge >= 0.3 is 0 Å². The zero-order valence-electron chi connectivity index (χ0n) is 14.8. The summed E-state index contributed by atoms with van der Waals surface area (Å²) in [7, 11) is 0. The number of carbonyl (C=O) groups is 1. The van der Waals surface area contributed by atoms with Crippen LogP contribution < -0.4 is 10.2 Å². The van der Waals surface area contributed by atoms with E-state index in [0.717, 1.165) is 48.8 Å². The third kappa shape index (κ3) is 3.50. The van der Waals surface area contributed by atoms with Gasteiger partial charge in [0.15, 0.2) is 5.78 Å². The van der Waals surface area contributed by atoms with Gasteiger partial charge in [-0.15, -0.1) is 0 Å². The predicted molar refractivity (Wildman–Crippen MR) is 107 cm³/mol. The Morgan fingerprint density at radius 1 is 1.19 bits per heavy atom. The molecule has 6 nitrogen and oxygen atoms in total. The second-order valence-corrected chi connectivity index (χ2v) is 7.20. The molecule has 0 aliphatic carbocycles. The molecule has 1 N–H and O–H groups in total. The van der Waals surface area contributed by atoms with Crippen LogP contribution in [-0.2, 0) is 9.53 Å². The van der Waals surface area contributed by atoms with E-state index < -0.39 is 0 Å². The maximum absolute atomic E-state index is 12.4. The van der Waals surface area contributed by atoms with E-state index in [2.05, 4.69) is 43.8 Å². The summed E-state index contributed by atoms with van der Waals surface area (Å²) < 4.78 is 7.52. The van der Waals surface area contributed by atoms with E-state index in [-0.39, 0.29) is 12.3 Å². The van der Waals surface area contributed by atoms with Crippen LogP contribution in [-0.4, -0.2) is 62.0 Å². The fraction of sp³-hybridized carbons (Fsp3) is 0.368. The van der Waals surface area contributed by atoms with Gasteiger partial charge in [-0.25, -0.2) is 0 Å². The van der Waals surface area contributed by atoms with Crippen molar-refractivity contribution < 1.29 is 9.53 Å². The lowest BCUT2D eigenvalue weighted by atomic mass is 9.97. The number of carbonyl (C=O) groups excluding carboxylic acids is 1. The molecule has 1 saturated heterocycles. The smallest absolute Gasteiger partial charge is 0.186 e. The first-order valence-corrected chi connectivity index (χ1v) is 9.91. The number of dihydropyridines is 1.